The van der Waals surface area contributed by atoms with Crippen LogP contribution in [0.3, 0.4) is 0 Å². The molecule has 0 aliphatic carbocycles. The van der Waals surface area contributed by atoms with E-state index in [4.69, 9.17) is 0 Å². The molecule has 11 heteroatoms. The summed E-state index contributed by atoms with van der Waals surface area (Å²) in [5.74, 6) is -0.367. The van der Waals surface area contributed by atoms with E-state index in [1.165, 1.54) is 35.7 Å². The molecule has 0 atom stereocenters. The fraction of sp³-hybridized carbons (Fsp3) is 0.0909. The van der Waals surface area contributed by atoms with Crippen LogP contribution < -0.4 is 5.43 Å². The van der Waals surface area contributed by atoms with Gasteiger partial charge in [-0.25, -0.2) is 17.8 Å². The number of non-ortho nitro benzene ring substituents is 1. The zero-order chi connectivity index (χ0) is 23.8. The number of thiophene rings is 1. The Hall–Kier alpha value is -3.83. The Labute approximate surface area is 193 Å². The van der Waals surface area contributed by atoms with Crippen LogP contribution >= 0.6 is 11.3 Å². The van der Waals surface area contributed by atoms with E-state index in [-0.39, 0.29) is 16.5 Å². The van der Waals surface area contributed by atoms with Gasteiger partial charge in [0.1, 0.15) is 0 Å². The van der Waals surface area contributed by atoms with Crippen molar-refractivity contribution in [2.24, 2.45) is 5.10 Å². The van der Waals surface area contributed by atoms with Crippen LogP contribution in [0.5, 0.6) is 0 Å². The number of hydrogen-bond acceptors (Lipinski definition) is 7. The molecule has 168 valence electrons. The topological polar surface area (TPSA) is 124 Å². The minimum atomic E-state index is -4.15. The molecule has 0 bridgehead atoms. The molecule has 1 N–H and O–H groups in total. The van der Waals surface area contributed by atoms with Crippen molar-refractivity contribution in [3.05, 3.63) is 92.3 Å². The van der Waals surface area contributed by atoms with Gasteiger partial charge in [-0.2, -0.15) is 5.10 Å². The standard InChI is InChI=1S/C22H18N4O5S2/c1-14-8-9-18-19(15(2)23-24-22(27)21-7-4-10-32-21)13-25(20(18)11-14)33(30,31)17-6-3-5-16(12-17)26(28)29/h3-13H,1-2H3,(H,24,27)/b23-15+. The molecule has 4 aromatic rings. The van der Waals surface area contributed by atoms with Crippen LogP contribution in [0.15, 0.2) is 76.2 Å². The number of nitrogens with one attached hydrogen (secondary N) is 1. The smallest absolute Gasteiger partial charge is 0.266 e. The van der Waals surface area contributed by atoms with Gasteiger partial charge in [0.2, 0.25) is 0 Å². The number of nitro benzene ring substituents is 1. The van der Waals surface area contributed by atoms with Crippen LogP contribution in [0.4, 0.5) is 5.69 Å². The van der Waals surface area contributed by atoms with Crippen LogP contribution in [0.2, 0.25) is 0 Å². The summed E-state index contributed by atoms with van der Waals surface area (Å²) in [6.07, 6.45) is 1.41. The Balaban J connectivity index is 1.81. The van der Waals surface area contributed by atoms with Crippen molar-refractivity contribution in [2.75, 3.05) is 0 Å². The van der Waals surface area contributed by atoms with Crippen molar-refractivity contribution >= 4 is 49.6 Å². The second-order valence-electron chi connectivity index (χ2n) is 7.23. The number of fused-ring (bicyclic) bond motifs is 1. The van der Waals surface area contributed by atoms with Gasteiger partial charge in [0.15, 0.2) is 0 Å². The van der Waals surface area contributed by atoms with E-state index < -0.39 is 14.9 Å². The molecule has 1 amide bonds. The summed E-state index contributed by atoms with van der Waals surface area (Å²) in [5, 5.41) is 17.7. The summed E-state index contributed by atoms with van der Waals surface area (Å²) in [7, 11) is -4.15. The predicted molar refractivity (Wildman–Crippen MR) is 126 cm³/mol. The van der Waals surface area contributed by atoms with Crippen molar-refractivity contribution in [1.29, 1.82) is 0 Å². The minimum absolute atomic E-state index is 0.206. The highest BCUT2D eigenvalue weighted by molar-refractivity contribution is 7.90. The molecule has 33 heavy (non-hydrogen) atoms. The van der Waals surface area contributed by atoms with Crippen molar-refractivity contribution in [3.63, 3.8) is 0 Å². The number of carbonyl (C=O) groups is 1. The lowest BCUT2D eigenvalue weighted by Gasteiger charge is -2.08. The first-order valence-corrected chi connectivity index (χ1v) is 12.0. The average Bonchev–Trinajstić information content (AvgIpc) is 3.45. The quantitative estimate of drug-likeness (QED) is 0.249. The van der Waals surface area contributed by atoms with Crippen LogP contribution in [0, 0.1) is 17.0 Å². The zero-order valence-corrected chi connectivity index (χ0v) is 19.2. The molecule has 2 heterocycles. The largest absolute Gasteiger partial charge is 0.281 e. The Morgan fingerprint density at radius 2 is 1.94 bits per heavy atom. The van der Waals surface area contributed by atoms with E-state index >= 15 is 0 Å². The molecule has 0 saturated carbocycles. The van der Waals surface area contributed by atoms with Crippen LogP contribution in [0.1, 0.15) is 27.7 Å². The van der Waals surface area contributed by atoms with Crippen molar-refractivity contribution in [2.45, 2.75) is 18.7 Å². The number of nitrogens with zero attached hydrogens (tertiary/aromatic N) is 3. The van der Waals surface area contributed by atoms with Crippen molar-refractivity contribution in [3.8, 4) is 0 Å². The third-order valence-corrected chi connectivity index (χ3v) is 7.51. The van der Waals surface area contributed by atoms with Crippen molar-refractivity contribution in [1.82, 2.24) is 9.40 Å². The average molecular weight is 483 g/mol. The number of rotatable bonds is 6. The minimum Gasteiger partial charge on any atom is -0.266 e. The number of amides is 1. The van der Waals surface area contributed by atoms with Gasteiger partial charge in [-0.1, -0.05) is 24.3 Å². The Bertz CT molecular complexity index is 1520. The summed E-state index contributed by atoms with van der Waals surface area (Å²) in [6.45, 7) is 3.49. The third kappa shape index (κ3) is 4.28. The predicted octanol–water partition coefficient (Wildman–Crippen LogP) is 4.31. The number of hydrazone groups is 1. The van der Waals surface area contributed by atoms with E-state index in [1.54, 1.807) is 36.6 Å². The lowest BCUT2D eigenvalue weighted by molar-refractivity contribution is -0.385. The molecule has 0 radical (unpaired) electrons. The van der Waals surface area contributed by atoms with Crippen molar-refractivity contribution < 1.29 is 18.1 Å². The van der Waals surface area contributed by atoms with E-state index in [0.717, 1.165) is 15.6 Å². The summed E-state index contributed by atoms with van der Waals surface area (Å²) in [5.41, 5.74) is 4.31. The van der Waals surface area contributed by atoms with Gasteiger partial charge >= 0.3 is 0 Å². The fourth-order valence-electron chi connectivity index (χ4n) is 3.32. The number of hydrogen-bond donors (Lipinski definition) is 1. The number of carbonyl (C=O) groups excluding carboxylic acids is 1. The molecule has 4 rings (SSSR count). The first kappa shape index (κ1) is 22.4. The molecule has 0 fully saturated rings. The molecule has 0 saturated heterocycles. The van der Waals surface area contributed by atoms with Crippen LogP contribution in [-0.2, 0) is 10.0 Å². The lowest BCUT2D eigenvalue weighted by Crippen LogP contribution is -2.18. The first-order valence-electron chi connectivity index (χ1n) is 9.69. The highest BCUT2D eigenvalue weighted by Crippen LogP contribution is 2.28. The molecular formula is C22H18N4O5S2. The molecular weight excluding hydrogens is 464 g/mol. The van der Waals surface area contributed by atoms with Gasteiger partial charge in [0.25, 0.3) is 21.6 Å². The Morgan fingerprint density at radius 1 is 1.15 bits per heavy atom. The molecule has 0 aliphatic heterocycles. The number of aryl methyl sites for hydroxylation is 1. The number of benzene rings is 2. The van der Waals surface area contributed by atoms with Crippen LogP contribution in [-0.4, -0.2) is 28.9 Å². The maximum atomic E-state index is 13.4. The van der Waals surface area contributed by atoms with Gasteiger partial charge < -0.3 is 0 Å². The number of nitro groups is 1. The normalized spacial score (nSPS) is 12.1. The monoisotopic (exact) mass is 482 g/mol. The second kappa shape index (κ2) is 8.60. The van der Waals surface area contributed by atoms with E-state index in [2.05, 4.69) is 10.5 Å². The Morgan fingerprint density at radius 3 is 2.64 bits per heavy atom. The van der Waals surface area contributed by atoms with E-state index in [9.17, 15) is 23.3 Å². The zero-order valence-electron chi connectivity index (χ0n) is 17.6. The highest BCUT2D eigenvalue weighted by atomic mass is 32.2. The van der Waals surface area contributed by atoms with Gasteiger partial charge in [0.05, 0.1) is 25.9 Å². The highest BCUT2D eigenvalue weighted by Gasteiger charge is 2.24. The summed E-state index contributed by atoms with van der Waals surface area (Å²) >= 11 is 1.28. The summed E-state index contributed by atoms with van der Waals surface area (Å²) in [6, 6.07) is 13.7. The van der Waals surface area contributed by atoms with Gasteiger partial charge in [-0.15, -0.1) is 11.3 Å². The fourth-order valence-corrected chi connectivity index (χ4v) is 5.34. The maximum absolute atomic E-state index is 13.4. The SMILES string of the molecule is C/C(=N\NC(=O)c1cccs1)c1cn(S(=O)(=O)c2cccc([N+](=O)[O-])c2)c2cc(C)ccc12. The molecule has 2 aromatic heterocycles. The van der Waals surface area contributed by atoms with Gasteiger partial charge in [0, 0.05) is 29.3 Å². The van der Waals surface area contributed by atoms with E-state index in [1.807, 2.05) is 13.0 Å². The number of aromatic nitrogens is 1. The molecule has 9 nitrogen and oxygen atoms in total. The Kier molecular flexibility index (Phi) is 5.83. The molecule has 0 unspecified atom stereocenters. The second-order valence-corrected chi connectivity index (χ2v) is 10.00. The van der Waals surface area contributed by atoms with Crippen LogP contribution in [0.25, 0.3) is 10.9 Å². The molecule has 0 aliphatic rings. The molecule has 0 spiro atoms. The summed E-state index contributed by atoms with van der Waals surface area (Å²) in [4.78, 5) is 23.0. The van der Waals surface area contributed by atoms with E-state index in [0.29, 0.717) is 27.1 Å². The maximum Gasteiger partial charge on any atom is 0.281 e. The lowest BCUT2D eigenvalue weighted by atomic mass is 10.1. The van der Waals surface area contributed by atoms with Gasteiger partial charge in [-0.05, 0) is 43.0 Å². The van der Waals surface area contributed by atoms with Gasteiger partial charge in [-0.3, -0.25) is 14.9 Å². The summed E-state index contributed by atoms with van der Waals surface area (Å²) < 4.78 is 27.9. The molecule has 2 aromatic carbocycles. The first-order chi connectivity index (χ1) is 15.7. The third-order valence-electron chi connectivity index (χ3n) is 4.97.